The molecule has 2 rings (SSSR count). The van der Waals surface area contributed by atoms with Crippen molar-refractivity contribution in [3.63, 3.8) is 0 Å². The Labute approximate surface area is 121 Å². The summed E-state index contributed by atoms with van der Waals surface area (Å²) in [6, 6.07) is 11.4. The Hall–Kier alpha value is -1.87. The number of aryl methyl sites for hydroxylation is 1. The topological polar surface area (TPSA) is 37.3 Å². The smallest absolute Gasteiger partial charge is 0.311 e. The van der Waals surface area contributed by atoms with Gasteiger partial charge in [0.15, 0.2) is 0 Å². The molecule has 0 spiro atoms. The van der Waals surface area contributed by atoms with E-state index in [2.05, 4.69) is 0 Å². The predicted octanol–water partition coefficient (Wildman–Crippen LogP) is 4.20. The number of halogens is 2. The lowest BCUT2D eigenvalue weighted by Gasteiger charge is -2.14. The van der Waals surface area contributed by atoms with E-state index in [1.165, 1.54) is 18.2 Å². The minimum absolute atomic E-state index is 0.234. The van der Waals surface area contributed by atoms with Gasteiger partial charge in [-0.15, -0.1) is 0 Å². The van der Waals surface area contributed by atoms with E-state index < -0.39 is 17.7 Å². The zero-order valence-electron chi connectivity index (χ0n) is 10.9. The molecular formula is C16H14ClFO2. The number of hydrogen-bond acceptors (Lipinski definition) is 1. The number of carboxylic acid groups (broad SMARTS) is 1. The predicted molar refractivity (Wildman–Crippen MR) is 76.7 cm³/mol. The van der Waals surface area contributed by atoms with Crippen LogP contribution in [0.3, 0.4) is 0 Å². The van der Waals surface area contributed by atoms with Crippen molar-refractivity contribution in [2.24, 2.45) is 0 Å². The van der Waals surface area contributed by atoms with E-state index >= 15 is 0 Å². The highest BCUT2D eigenvalue weighted by molar-refractivity contribution is 6.31. The summed E-state index contributed by atoms with van der Waals surface area (Å²) >= 11 is 5.96. The second kappa shape index (κ2) is 6.06. The first-order chi connectivity index (χ1) is 9.47. The molecule has 0 fully saturated rings. The lowest BCUT2D eigenvalue weighted by atomic mass is 9.91. The summed E-state index contributed by atoms with van der Waals surface area (Å²) in [6.45, 7) is 1.94. The molecule has 1 atom stereocenters. The number of carbonyl (C=O) groups is 1. The van der Waals surface area contributed by atoms with Crippen LogP contribution in [-0.2, 0) is 11.2 Å². The molecule has 0 radical (unpaired) electrons. The molecule has 0 aromatic heterocycles. The van der Waals surface area contributed by atoms with Gasteiger partial charge in [-0.3, -0.25) is 4.79 Å². The van der Waals surface area contributed by atoms with Gasteiger partial charge in [0.25, 0.3) is 0 Å². The Morgan fingerprint density at radius 1 is 1.25 bits per heavy atom. The highest BCUT2D eigenvalue weighted by Crippen LogP contribution is 2.26. The van der Waals surface area contributed by atoms with E-state index in [1.54, 1.807) is 12.1 Å². The van der Waals surface area contributed by atoms with Crippen molar-refractivity contribution in [3.8, 4) is 0 Å². The molecule has 0 aliphatic rings. The molecule has 1 N–H and O–H groups in total. The Kier molecular flexibility index (Phi) is 4.40. The Morgan fingerprint density at radius 2 is 1.90 bits per heavy atom. The van der Waals surface area contributed by atoms with Gasteiger partial charge in [-0.2, -0.15) is 0 Å². The first-order valence-corrected chi connectivity index (χ1v) is 6.58. The van der Waals surface area contributed by atoms with Crippen LogP contribution < -0.4 is 0 Å². The van der Waals surface area contributed by atoms with E-state index in [0.717, 1.165) is 5.56 Å². The molecule has 104 valence electrons. The number of carboxylic acids is 1. The fourth-order valence-corrected chi connectivity index (χ4v) is 2.30. The van der Waals surface area contributed by atoms with Crippen LogP contribution in [0.4, 0.5) is 4.39 Å². The molecule has 2 nitrogen and oxygen atoms in total. The molecule has 2 aromatic carbocycles. The van der Waals surface area contributed by atoms with Crippen molar-refractivity contribution >= 4 is 17.6 Å². The van der Waals surface area contributed by atoms with Crippen molar-refractivity contribution < 1.29 is 14.3 Å². The number of rotatable bonds is 4. The van der Waals surface area contributed by atoms with E-state index in [4.69, 9.17) is 11.6 Å². The Bertz CT molecular complexity index is 623. The van der Waals surface area contributed by atoms with Crippen molar-refractivity contribution in [1.82, 2.24) is 0 Å². The van der Waals surface area contributed by atoms with Gasteiger partial charge < -0.3 is 5.11 Å². The third-order valence-corrected chi connectivity index (χ3v) is 3.57. The molecule has 20 heavy (non-hydrogen) atoms. The minimum Gasteiger partial charge on any atom is -0.481 e. The van der Waals surface area contributed by atoms with Gasteiger partial charge in [-0.05, 0) is 36.6 Å². The van der Waals surface area contributed by atoms with Crippen molar-refractivity contribution in [1.29, 1.82) is 0 Å². The molecule has 0 saturated heterocycles. The highest BCUT2D eigenvalue weighted by Gasteiger charge is 2.21. The normalized spacial score (nSPS) is 12.2. The second-order valence-corrected chi connectivity index (χ2v) is 5.15. The highest BCUT2D eigenvalue weighted by atomic mass is 35.5. The van der Waals surface area contributed by atoms with Gasteiger partial charge >= 0.3 is 5.97 Å². The van der Waals surface area contributed by atoms with Gasteiger partial charge in [-0.1, -0.05) is 47.5 Å². The van der Waals surface area contributed by atoms with Crippen LogP contribution >= 0.6 is 11.6 Å². The Balaban J connectivity index is 2.30. The largest absolute Gasteiger partial charge is 0.481 e. The summed E-state index contributed by atoms with van der Waals surface area (Å²) < 4.78 is 13.0. The maximum atomic E-state index is 13.0. The summed E-state index contributed by atoms with van der Waals surface area (Å²) in [5.74, 6) is -2.05. The molecule has 0 aliphatic carbocycles. The zero-order valence-corrected chi connectivity index (χ0v) is 11.7. The van der Waals surface area contributed by atoms with Gasteiger partial charge in [-0.25, -0.2) is 4.39 Å². The van der Waals surface area contributed by atoms with Gasteiger partial charge in [0.05, 0.1) is 5.92 Å². The van der Waals surface area contributed by atoms with Crippen molar-refractivity contribution in [3.05, 3.63) is 70.0 Å². The first kappa shape index (κ1) is 14.5. The molecule has 0 heterocycles. The van der Waals surface area contributed by atoms with Crippen LogP contribution in [0, 0.1) is 12.7 Å². The standard InChI is InChI=1S/C16H14ClFO2/c1-10-2-4-11(5-3-10)14(16(19)20)8-12-6-7-13(18)9-15(12)17/h2-7,9,14H,8H2,1H3,(H,19,20). The summed E-state index contributed by atoms with van der Waals surface area (Å²) in [5, 5.41) is 9.64. The fourth-order valence-electron chi connectivity index (χ4n) is 2.05. The number of aliphatic carboxylic acids is 1. The van der Waals surface area contributed by atoms with Gasteiger partial charge in [0.1, 0.15) is 5.82 Å². The zero-order chi connectivity index (χ0) is 14.7. The van der Waals surface area contributed by atoms with Crippen LogP contribution in [0.5, 0.6) is 0 Å². The fraction of sp³-hybridized carbons (Fsp3) is 0.188. The molecule has 0 amide bonds. The lowest BCUT2D eigenvalue weighted by molar-refractivity contribution is -0.138. The van der Waals surface area contributed by atoms with Crippen LogP contribution in [0.15, 0.2) is 42.5 Å². The number of benzene rings is 2. The molecule has 0 bridgehead atoms. The second-order valence-electron chi connectivity index (χ2n) is 4.74. The summed E-state index contributed by atoms with van der Waals surface area (Å²) in [5.41, 5.74) is 2.40. The van der Waals surface area contributed by atoms with E-state index in [9.17, 15) is 14.3 Å². The van der Waals surface area contributed by atoms with E-state index in [-0.39, 0.29) is 11.4 Å². The lowest BCUT2D eigenvalue weighted by Crippen LogP contribution is -2.14. The van der Waals surface area contributed by atoms with Crippen LogP contribution in [0.1, 0.15) is 22.6 Å². The summed E-state index contributed by atoms with van der Waals surface area (Å²) in [6.07, 6.45) is 0.234. The Morgan fingerprint density at radius 3 is 2.45 bits per heavy atom. The van der Waals surface area contributed by atoms with E-state index in [0.29, 0.717) is 11.1 Å². The molecule has 1 unspecified atom stereocenters. The van der Waals surface area contributed by atoms with Crippen LogP contribution in [0.25, 0.3) is 0 Å². The molecule has 4 heteroatoms. The van der Waals surface area contributed by atoms with Crippen LogP contribution in [-0.4, -0.2) is 11.1 Å². The van der Waals surface area contributed by atoms with Crippen molar-refractivity contribution in [2.75, 3.05) is 0 Å². The summed E-state index contributed by atoms with van der Waals surface area (Å²) in [4.78, 5) is 11.5. The molecule has 0 aliphatic heterocycles. The van der Waals surface area contributed by atoms with E-state index in [1.807, 2.05) is 19.1 Å². The van der Waals surface area contributed by atoms with Crippen LogP contribution in [0.2, 0.25) is 5.02 Å². The SMILES string of the molecule is Cc1ccc(C(Cc2ccc(F)cc2Cl)C(=O)O)cc1. The average molecular weight is 293 g/mol. The maximum Gasteiger partial charge on any atom is 0.311 e. The molecular weight excluding hydrogens is 279 g/mol. The third-order valence-electron chi connectivity index (χ3n) is 3.22. The monoisotopic (exact) mass is 292 g/mol. The maximum absolute atomic E-state index is 13.0. The third kappa shape index (κ3) is 3.36. The summed E-state index contributed by atoms with van der Waals surface area (Å²) in [7, 11) is 0. The first-order valence-electron chi connectivity index (χ1n) is 6.20. The van der Waals surface area contributed by atoms with Crippen molar-refractivity contribution in [2.45, 2.75) is 19.3 Å². The van der Waals surface area contributed by atoms with Gasteiger partial charge in [0, 0.05) is 5.02 Å². The minimum atomic E-state index is -0.922. The average Bonchev–Trinajstić information content (AvgIpc) is 2.39. The molecule has 0 saturated carbocycles. The van der Waals surface area contributed by atoms with Gasteiger partial charge in [0.2, 0.25) is 0 Å². The quantitative estimate of drug-likeness (QED) is 0.917. The molecule has 2 aromatic rings. The number of hydrogen-bond donors (Lipinski definition) is 1.